The number of allylic oxidation sites excluding steroid dienone is 3. The Morgan fingerprint density at radius 2 is 1.94 bits per heavy atom. The highest BCUT2D eigenvalue weighted by atomic mass is 35.5. The number of nitrogens with one attached hydrogen (secondary N) is 1. The number of rotatable bonds is 8. The molecule has 4 rings (SSSR count). The van der Waals surface area contributed by atoms with Crippen molar-refractivity contribution in [1.82, 2.24) is 10.2 Å². The highest BCUT2D eigenvalue weighted by Crippen LogP contribution is 2.49. The highest BCUT2D eigenvalue weighted by molar-refractivity contribution is 7.81. The fourth-order valence-electron chi connectivity index (χ4n) is 6.81. The van der Waals surface area contributed by atoms with Crippen LogP contribution in [0.3, 0.4) is 0 Å². The minimum absolute atomic E-state index is 0.0509. The number of halogens is 1. The van der Waals surface area contributed by atoms with Crippen LogP contribution in [0.15, 0.2) is 35.9 Å². The lowest BCUT2D eigenvalue weighted by atomic mass is 9.83. The number of likely N-dealkylation sites (N-methyl/N-ethyl adjacent to an activating group) is 1. The third-order valence-electron chi connectivity index (χ3n) is 10.5. The van der Waals surface area contributed by atoms with Crippen molar-refractivity contribution in [3.8, 4) is 5.75 Å². The number of ether oxygens (including phenoxy) is 5. The van der Waals surface area contributed by atoms with Crippen molar-refractivity contribution in [2.24, 2.45) is 5.92 Å². The van der Waals surface area contributed by atoms with Gasteiger partial charge in [0.1, 0.15) is 40.7 Å². The molecule has 0 aromatic heterocycles. The number of hydrogen-bond acceptors (Lipinski definition) is 11. The van der Waals surface area contributed by atoms with E-state index in [0.717, 1.165) is 11.1 Å². The number of carbonyl (C=O) groups is 4. The van der Waals surface area contributed by atoms with E-state index in [2.05, 4.69) is 17.9 Å². The molecule has 4 bridgehead atoms. The molecular weight excluding hydrogens is 726 g/mol. The molecule has 3 amide bonds. The Kier molecular flexibility index (Phi) is 13.3. The van der Waals surface area contributed by atoms with Gasteiger partial charge < -0.3 is 38.6 Å². The minimum Gasteiger partial charge on any atom is -0.495 e. The molecule has 2 N–H and O–H groups in total. The normalized spacial score (nSPS) is 31.5. The van der Waals surface area contributed by atoms with Crippen molar-refractivity contribution < 1.29 is 48.0 Å². The standard InChI is InChI=1S/C38H54ClN3O10S/c1-21-12-11-13-28(49-10)38(47)20-27(50-35(46)40-38)22(2)33-37(6,52-33)29(51-34(45)23(3)41(7)30(43)14-15-36(4,5)53)19-31(44)42(8)25-17-24(16-21)18-26(48-9)32(25)39/h11-13,17-18,22-23,27-29,33,47,53H,14-16,19-20H2,1-10H3,(H,40,46)/b13-11+,21-12+/t22?,23-,27?,28?,29?,33?,37?,38?/m1/s1. The largest absolute Gasteiger partial charge is 0.495 e. The molecule has 2 saturated heterocycles. The number of aliphatic hydroxyl groups is 1. The number of amides is 3. The number of epoxide rings is 1. The van der Waals surface area contributed by atoms with Crippen LogP contribution in [0, 0.1) is 5.92 Å². The van der Waals surface area contributed by atoms with Crippen LogP contribution in [-0.4, -0.2) is 109 Å². The summed E-state index contributed by atoms with van der Waals surface area (Å²) in [6.07, 6.45) is 1.61. The summed E-state index contributed by atoms with van der Waals surface area (Å²) in [5, 5.41) is 14.5. The van der Waals surface area contributed by atoms with Crippen LogP contribution < -0.4 is 15.0 Å². The summed E-state index contributed by atoms with van der Waals surface area (Å²) in [5.41, 5.74) is -0.916. The van der Waals surface area contributed by atoms with Gasteiger partial charge in [0.05, 0.1) is 25.3 Å². The zero-order valence-corrected chi connectivity index (χ0v) is 33.9. The summed E-state index contributed by atoms with van der Waals surface area (Å²) in [7, 11) is 6.02. The second-order valence-corrected chi connectivity index (χ2v) is 16.8. The Balaban J connectivity index is 1.74. The quantitative estimate of drug-likeness (QED) is 0.187. The van der Waals surface area contributed by atoms with Gasteiger partial charge >= 0.3 is 12.1 Å². The molecule has 13 nitrogen and oxygen atoms in total. The van der Waals surface area contributed by atoms with E-state index < -0.39 is 65.7 Å². The number of carbonyl (C=O) groups excluding carboxylic acids is 4. The molecule has 3 aliphatic heterocycles. The van der Waals surface area contributed by atoms with Crippen LogP contribution in [0.5, 0.6) is 5.75 Å². The topological polar surface area (TPSA) is 156 Å². The molecular formula is C38H54ClN3O10S. The summed E-state index contributed by atoms with van der Waals surface area (Å²) >= 11 is 11.3. The maximum absolute atomic E-state index is 14.1. The smallest absolute Gasteiger partial charge is 0.409 e. The van der Waals surface area contributed by atoms with E-state index in [4.69, 9.17) is 35.3 Å². The zero-order chi connectivity index (χ0) is 39.6. The van der Waals surface area contributed by atoms with Crippen molar-refractivity contribution in [1.29, 1.82) is 0 Å². The molecule has 0 radical (unpaired) electrons. The van der Waals surface area contributed by atoms with Gasteiger partial charge in [-0.2, -0.15) is 12.6 Å². The van der Waals surface area contributed by atoms with E-state index >= 15 is 0 Å². The van der Waals surface area contributed by atoms with Gasteiger partial charge in [-0.3, -0.25) is 14.9 Å². The van der Waals surface area contributed by atoms with Crippen molar-refractivity contribution in [3.63, 3.8) is 0 Å². The van der Waals surface area contributed by atoms with Crippen LogP contribution >= 0.6 is 24.2 Å². The molecule has 0 aliphatic carbocycles. The minimum atomic E-state index is -1.83. The van der Waals surface area contributed by atoms with Crippen LogP contribution in [0.4, 0.5) is 10.5 Å². The lowest BCUT2D eigenvalue weighted by Crippen LogP contribution is -2.63. The third-order valence-corrected chi connectivity index (χ3v) is 11.1. The molecule has 0 saturated carbocycles. The average Bonchev–Trinajstić information content (AvgIpc) is 3.78. The second-order valence-electron chi connectivity index (χ2n) is 15.2. The molecule has 2 fully saturated rings. The Hall–Kier alpha value is -3.30. The van der Waals surface area contributed by atoms with Gasteiger partial charge in [-0.15, -0.1) is 0 Å². The van der Waals surface area contributed by atoms with E-state index in [1.807, 2.05) is 26.8 Å². The molecule has 15 heteroatoms. The molecule has 294 valence electrons. The van der Waals surface area contributed by atoms with Crippen LogP contribution in [-0.2, 0) is 39.8 Å². The molecule has 53 heavy (non-hydrogen) atoms. The van der Waals surface area contributed by atoms with Crippen LogP contribution in [0.25, 0.3) is 0 Å². The molecule has 8 atom stereocenters. The monoisotopic (exact) mass is 779 g/mol. The maximum Gasteiger partial charge on any atom is 0.409 e. The number of anilines is 1. The van der Waals surface area contributed by atoms with Crippen molar-refractivity contribution in [3.05, 3.63) is 46.5 Å². The first-order valence-electron chi connectivity index (χ1n) is 17.7. The summed E-state index contributed by atoms with van der Waals surface area (Å²) in [6, 6.07) is 2.60. The first-order valence-corrected chi connectivity index (χ1v) is 18.5. The molecule has 1 aromatic carbocycles. The number of nitrogens with zero attached hydrogens (tertiary/aromatic N) is 2. The van der Waals surface area contributed by atoms with E-state index in [-0.39, 0.29) is 34.9 Å². The number of fused-ring (bicyclic) bond motifs is 5. The van der Waals surface area contributed by atoms with E-state index in [0.29, 0.717) is 24.3 Å². The van der Waals surface area contributed by atoms with Crippen molar-refractivity contribution >= 4 is 53.8 Å². The summed E-state index contributed by atoms with van der Waals surface area (Å²) in [5.74, 6) is -1.58. The van der Waals surface area contributed by atoms with Crippen molar-refractivity contribution in [2.75, 3.05) is 33.2 Å². The number of hydrogen-bond donors (Lipinski definition) is 3. The number of thiol groups is 1. The third kappa shape index (κ3) is 9.88. The predicted molar refractivity (Wildman–Crippen MR) is 203 cm³/mol. The van der Waals surface area contributed by atoms with Crippen LogP contribution in [0.1, 0.15) is 72.8 Å². The first-order chi connectivity index (χ1) is 24.6. The molecule has 7 unspecified atom stereocenters. The number of benzene rings is 1. The maximum atomic E-state index is 14.1. The SMILES string of the molecule is COc1cc2cc(c1Cl)N(C)C(=O)CC(OC(=O)[C@@H](C)N(C)C(=O)CCC(C)(C)S)C1(C)OC1C(C)C1CC(O)(NC(=O)O1)C(OC)/C=C/C=C(\C)C2. The van der Waals surface area contributed by atoms with Gasteiger partial charge in [0, 0.05) is 44.7 Å². The first kappa shape index (κ1) is 42.4. The van der Waals surface area contributed by atoms with Gasteiger partial charge in [-0.25, -0.2) is 9.59 Å². The summed E-state index contributed by atoms with van der Waals surface area (Å²) in [6.45, 7) is 10.8. The second kappa shape index (κ2) is 16.6. The van der Waals surface area contributed by atoms with Gasteiger partial charge in [-0.1, -0.05) is 56.2 Å². The number of methoxy groups -OCH3 is 2. The highest BCUT2D eigenvalue weighted by Gasteiger charge is 2.64. The fraction of sp³-hybridized carbons (Fsp3) is 0.632. The van der Waals surface area contributed by atoms with Gasteiger partial charge in [0.15, 0.2) is 5.72 Å². The van der Waals surface area contributed by atoms with Gasteiger partial charge in [0.25, 0.3) is 0 Å². The summed E-state index contributed by atoms with van der Waals surface area (Å²) in [4.78, 5) is 56.5. The zero-order valence-electron chi connectivity index (χ0n) is 32.2. The Morgan fingerprint density at radius 1 is 1.26 bits per heavy atom. The van der Waals surface area contributed by atoms with Crippen molar-refractivity contribution in [2.45, 2.75) is 120 Å². The Labute approximate surface area is 322 Å². The van der Waals surface area contributed by atoms with E-state index in [1.165, 1.54) is 31.1 Å². The summed E-state index contributed by atoms with van der Waals surface area (Å²) < 4.78 is 28.8. The van der Waals surface area contributed by atoms with Gasteiger partial charge in [0.2, 0.25) is 11.8 Å². The van der Waals surface area contributed by atoms with E-state index in [9.17, 15) is 24.3 Å². The van der Waals surface area contributed by atoms with Gasteiger partial charge in [-0.05, 0) is 51.3 Å². The molecule has 3 heterocycles. The predicted octanol–water partition coefficient (Wildman–Crippen LogP) is 5.00. The number of alkyl carbamates (subject to hydrolysis) is 1. The lowest BCUT2D eigenvalue weighted by molar-refractivity contribution is -0.162. The Morgan fingerprint density at radius 3 is 2.57 bits per heavy atom. The lowest BCUT2D eigenvalue weighted by Gasteiger charge is -2.42. The molecule has 3 aliphatic rings. The average molecular weight is 780 g/mol. The number of esters is 1. The molecule has 1 aromatic rings. The fourth-order valence-corrected chi connectivity index (χ4v) is 7.23. The van der Waals surface area contributed by atoms with E-state index in [1.54, 1.807) is 52.1 Å². The molecule has 0 spiro atoms. The van der Waals surface area contributed by atoms with Crippen LogP contribution in [0.2, 0.25) is 5.02 Å². The Bertz CT molecular complexity index is 1630.